The van der Waals surface area contributed by atoms with Crippen LogP contribution in [0, 0.1) is 17.5 Å². The Morgan fingerprint density at radius 2 is 1.89 bits per heavy atom. The van der Waals surface area contributed by atoms with Crippen molar-refractivity contribution in [2.24, 2.45) is 0 Å². The number of carboxylic acids is 1. The van der Waals surface area contributed by atoms with Crippen molar-refractivity contribution in [3.05, 3.63) is 64.0 Å². The lowest BCUT2D eigenvalue weighted by Crippen LogP contribution is -2.51. The second-order valence-corrected chi connectivity index (χ2v) is 11.8. The summed E-state index contributed by atoms with van der Waals surface area (Å²) in [5.41, 5.74) is -0.117. The Labute approximate surface area is 221 Å². The number of aliphatic carboxylic acids is 1. The highest BCUT2D eigenvalue weighted by molar-refractivity contribution is 8.17. The van der Waals surface area contributed by atoms with Gasteiger partial charge in [-0.15, -0.1) is 5.10 Å². The molecule has 3 aromatic rings. The number of aliphatic hydroxyl groups is 2. The van der Waals surface area contributed by atoms with E-state index in [0.717, 1.165) is 12.1 Å². The zero-order valence-electron chi connectivity index (χ0n) is 19.1. The molecule has 8 nitrogen and oxygen atoms in total. The molecule has 1 saturated heterocycles. The minimum atomic E-state index is -1.63. The molecule has 1 fully saturated rings. The van der Waals surface area contributed by atoms with Crippen LogP contribution in [-0.2, 0) is 9.53 Å². The van der Waals surface area contributed by atoms with Gasteiger partial charge in [-0.05, 0) is 42.2 Å². The lowest BCUT2D eigenvalue weighted by atomic mass is 10.0. The molecule has 2 unspecified atom stereocenters. The topological polar surface area (TPSA) is 118 Å². The Hall–Kier alpha value is -2.35. The largest absolute Gasteiger partial charge is 0.479 e. The van der Waals surface area contributed by atoms with Crippen LogP contribution in [0.3, 0.4) is 0 Å². The minimum Gasteiger partial charge on any atom is -0.479 e. The summed E-state index contributed by atoms with van der Waals surface area (Å²) in [4.78, 5) is 12.3. The summed E-state index contributed by atoms with van der Waals surface area (Å²) in [5, 5.41) is 38.8. The first-order chi connectivity index (χ1) is 17.5. The maximum Gasteiger partial charge on any atom is 0.332 e. The first kappa shape index (κ1) is 27.7. The number of hydrogen-bond donors (Lipinski definition) is 4. The number of carboxylic acid groups (broad SMARTS) is 1. The number of aliphatic hydroxyl groups excluding tert-OH is 2. The average molecular weight is 580 g/mol. The van der Waals surface area contributed by atoms with Crippen LogP contribution in [0.1, 0.15) is 13.0 Å². The van der Waals surface area contributed by atoms with E-state index in [1.807, 2.05) is 0 Å². The number of carbonyl (C=O) groups is 1. The van der Waals surface area contributed by atoms with Crippen molar-refractivity contribution in [2.75, 3.05) is 12.4 Å². The van der Waals surface area contributed by atoms with Crippen LogP contribution in [-0.4, -0.2) is 72.2 Å². The highest BCUT2D eigenvalue weighted by atomic mass is 35.5. The lowest BCUT2D eigenvalue weighted by molar-refractivity contribution is -0.156. The number of halogens is 5. The normalized spacial score (nSPS) is 25.7. The van der Waals surface area contributed by atoms with Gasteiger partial charge < -0.3 is 20.1 Å². The molecular formula is C23H22Cl2F3N3O5S. The molecule has 4 rings (SSSR count). The van der Waals surface area contributed by atoms with Crippen LogP contribution >= 0.6 is 34.1 Å². The predicted octanol–water partition coefficient (Wildman–Crippen LogP) is 3.86. The Kier molecular flexibility index (Phi) is 8.36. The first-order valence-corrected chi connectivity index (χ1v) is 13.3. The summed E-state index contributed by atoms with van der Waals surface area (Å²) in [6.07, 6.45) is -2.18. The molecule has 1 aliphatic heterocycles. The zero-order chi connectivity index (χ0) is 27.0. The maximum absolute atomic E-state index is 13.8. The quantitative estimate of drug-likeness (QED) is 0.248. The lowest BCUT2D eigenvalue weighted by Gasteiger charge is -2.46. The van der Waals surface area contributed by atoms with E-state index in [-0.39, 0.29) is 22.0 Å². The van der Waals surface area contributed by atoms with Crippen molar-refractivity contribution in [1.82, 2.24) is 15.0 Å². The number of nitrogens with zero attached hydrogens (tertiary/aromatic N) is 3. The van der Waals surface area contributed by atoms with Gasteiger partial charge in [-0.3, -0.25) is 0 Å². The molecule has 0 bridgehead atoms. The third-order valence-electron chi connectivity index (χ3n) is 6.15. The smallest absolute Gasteiger partial charge is 0.332 e. The third-order valence-corrected chi connectivity index (χ3v) is 9.85. The van der Waals surface area contributed by atoms with Gasteiger partial charge >= 0.3 is 5.97 Å². The van der Waals surface area contributed by atoms with Crippen LogP contribution in [0.4, 0.5) is 13.2 Å². The van der Waals surface area contributed by atoms with Gasteiger partial charge in [0.05, 0.1) is 35.1 Å². The third kappa shape index (κ3) is 5.59. The molecule has 1 aromatic heterocycles. The summed E-state index contributed by atoms with van der Waals surface area (Å²) < 4.78 is 47.9. The Morgan fingerprint density at radius 1 is 1.22 bits per heavy atom. The van der Waals surface area contributed by atoms with Gasteiger partial charge in [0.25, 0.3) is 0 Å². The molecule has 2 heterocycles. The van der Waals surface area contributed by atoms with E-state index >= 15 is 0 Å². The average Bonchev–Trinajstić information content (AvgIpc) is 3.33. The van der Waals surface area contributed by atoms with Crippen molar-refractivity contribution in [1.29, 1.82) is 0 Å². The molecule has 6 atom stereocenters. The van der Waals surface area contributed by atoms with Crippen molar-refractivity contribution in [3.63, 3.8) is 0 Å². The fourth-order valence-corrected chi connectivity index (χ4v) is 7.50. The molecule has 1 aliphatic rings. The van der Waals surface area contributed by atoms with Crippen LogP contribution in [0.25, 0.3) is 11.3 Å². The molecule has 0 amide bonds. The number of thiol groups is 1. The summed E-state index contributed by atoms with van der Waals surface area (Å²) >= 11 is 12.2. The van der Waals surface area contributed by atoms with E-state index in [2.05, 4.69) is 10.3 Å². The highest BCUT2D eigenvalue weighted by Gasteiger charge is 2.46. The SMILES string of the molecule is CC(O[C@H]1C[SH](c2ccc(Cl)c(Cl)c2)[C@H](CO)[C@H](O)[C@@H]1n1cc(-c2cc(F)c(F)c(F)c2)nn1)C(=O)O. The summed E-state index contributed by atoms with van der Waals surface area (Å²) in [5.74, 6) is -5.46. The Balaban J connectivity index is 1.73. The van der Waals surface area contributed by atoms with Crippen molar-refractivity contribution in [2.45, 2.75) is 41.4 Å². The molecule has 0 spiro atoms. The van der Waals surface area contributed by atoms with Crippen molar-refractivity contribution in [3.8, 4) is 11.3 Å². The van der Waals surface area contributed by atoms with Gasteiger partial charge in [0, 0.05) is 16.6 Å². The molecule has 200 valence electrons. The van der Waals surface area contributed by atoms with E-state index < -0.39 is 70.5 Å². The fourth-order valence-electron chi connectivity index (χ4n) is 4.27. The fraction of sp³-hybridized carbons (Fsp3) is 0.348. The zero-order valence-corrected chi connectivity index (χ0v) is 21.5. The van der Waals surface area contributed by atoms with Gasteiger partial charge in [0.1, 0.15) is 11.7 Å². The molecule has 3 N–H and O–H groups in total. The summed E-state index contributed by atoms with van der Waals surface area (Å²) in [6, 6.07) is 5.44. The number of hydrogen-bond acceptors (Lipinski definition) is 6. The molecule has 2 aromatic carbocycles. The van der Waals surface area contributed by atoms with Gasteiger partial charge in [0.15, 0.2) is 23.6 Å². The molecule has 0 aliphatic carbocycles. The van der Waals surface area contributed by atoms with Crippen LogP contribution in [0.2, 0.25) is 10.0 Å². The molecule has 0 radical (unpaired) electrons. The standard InChI is InChI=1S/C23H22Cl2F3N3O5S/c1-10(23(34)35)36-18-9-37(12-2-3-13(24)14(25)6-12)19(8-32)22(33)21(18)31-7-17(29-30-31)11-4-15(26)20(28)16(27)5-11/h2-7,10,18-19,21-22,32-33,37H,8-9H2,1H3,(H,34,35)/t10?,18-,19+,21+,22-/m0/s1. The first-order valence-electron chi connectivity index (χ1n) is 11.0. The van der Waals surface area contributed by atoms with Gasteiger partial charge in [-0.1, -0.05) is 28.4 Å². The summed E-state index contributed by atoms with van der Waals surface area (Å²) in [6.45, 7) is 0.920. The molecule has 37 heavy (non-hydrogen) atoms. The number of ether oxygens (including phenoxy) is 1. The van der Waals surface area contributed by atoms with Crippen LogP contribution in [0.5, 0.6) is 0 Å². The second-order valence-electron chi connectivity index (χ2n) is 8.47. The predicted molar refractivity (Wildman–Crippen MR) is 132 cm³/mol. The Bertz CT molecular complexity index is 1290. The Morgan fingerprint density at radius 3 is 2.49 bits per heavy atom. The van der Waals surface area contributed by atoms with Gasteiger partial charge in [0.2, 0.25) is 0 Å². The van der Waals surface area contributed by atoms with Gasteiger partial charge in [-0.25, -0.2) is 33.5 Å². The number of rotatable bonds is 7. The second kappa shape index (κ2) is 11.2. The molecule has 0 saturated carbocycles. The summed E-state index contributed by atoms with van der Waals surface area (Å²) in [7, 11) is -1.32. The van der Waals surface area contributed by atoms with E-state index in [0.29, 0.717) is 9.92 Å². The monoisotopic (exact) mass is 579 g/mol. The highest BCUT2D eigenvalue weighted by Crippen LogP contribution is 2.51. The van der Waals surface area contributed by atoms with Gasteiger partial charge in [-0.2, -0.15) is 0 Å². The van der Waals surface area contributed by atoms with Crippen LogP contribution in [0.15, 0.2) is 41.4 Å². The van der Waals surface area contributed by atoms with E-state index in [4.69, 9.17) is 27.9 Å². The van der Waals surface area contributed by atoms with E-state index in [9.17, 15) is 33.3 Å². The van der Waals surface area contributed by atoms with Crippen LogP contribution < -0.4 is 0 Å². The molecule has 14 heteroatoms. The number of aromatic nitrogens is 3. The maximum atomic E-state index is 13.8. The number of benzene rings is 2. The minimum absolute atomic E-state index is 0.0205. The van der Waals surface area contributed by atoms with Crippen molar-refractivity contribution < 1.29 is 38.0 Å². The van der Waals surface area contributed by atoms with E-state index in [1.54, 1.807) is 18.2 Å². The van der Waals surface area contributed by atoms with Crippen molar-refractivity contribution >= 4 is 40.1 Å². The molecular weight excluding hydrogens is 558 g/mol. The van der Waals surface area contributed by atoms with E-state index in [1.165, 1.54) is 17.8 Å².